The van der Waals surface area contributed by atoms with Crippen LogP contribution in [0.1, 0.15) is 55.7 Å². The summed E-state index contributed by atoms with van der Waals surface area (Å²) in [6, 6.07) is 8.95. The first-order valence-corrected chi connectivity index (χ1v) is 10.8. The van der Waals surface area contributed by atoms with Gasteiger partial charge >= 0.3 is 0 Å². The van der Waals surface area contributed by atoms with Gasteiger partial charge in [-0.1, -0.05) is 12.1 Å². The lowest BCUT2D eigenvalue weighted by atomic mass is 9.85. The molecule has 7 heteroatoms. The van der Waals surface area contributed by atoms with Crippen molar-refractivity contribution in [3.63, 3.8) is 0 Å². The Hall–Kier alpha value is -2.25. The topological polar surface area (TPSA) is 67.6 Å². The van der Waals surface area contributed by atoms with Crippen LogP contribution in [-0.4, -0.2) is 44.6 Å². The molecule has 5 rings (SSSR count). The molecule has 30 heavy (non-hydrogen) atoms. The highest BCUT2D eigenvalue weighted by molar-refractivity contribution is 5.31. The van der Waals surface area contributed by atoms with Gasteiger partial charge in [-0.15, -0.1) is 0 Å². The minimum atomic E-state index is -0.964. The van der Waals surface area contributed by atoms with Crippen molar-refractivity contribution in [3.8, 4) is 5.75 Å². The van der Waals surface area contributed by atoms with Crippen LogP contribution in [0, 0.1) is 5.82 Å². The average molecular weight is 413 g/mol. The maximum atomic E-state index is 14.6. The number of halogens is 1. The molecule has 0 unspecified atom stereocenters. The normalized spacial score (nSPS) is 28.6. The number of aliphatic hydroxyl groups is 1. The maximum absolute atomic E-state index is 14.6. The van der Waals surface area contributed by atoms with Crippen molar-refractivity contribution in [1.82, 2.24) is 14.7 Å². The number of nitrogens with zero attached hydrogens (tertiary/aromatic N) is 3. The van der Waals surface area contributed by atoms with Crippen molar-refractivity contribution in [2.24, 2.45) is 0 Å². The Morgan fingerprint density at radius 3 is 2.57 bits per heavy atom. The molecule has 1 aliphatic carbocycles. The van der Waals surface area contributed by atoms with Crippen molar-refractivity contribution < 1.29 is 14.2 Å². The standard InChI is InChI=1S/C23H28FN3O3/c1-30-20-4-2-3-16(22(20)24)13-26-17-7-8-18(26)12-23(29,11-17)14-27-21(28)10-9-19(25-27)15-5-6-15/h2-4,9-10,15,17-18,29H,5-8,11-14H2,1H3/t17-,18-/m0/s1. The first-order valence-electron chi connectivity index (χ1n) is 10.8. The van der Waals surface area contributed by atoms with Gasteiger partial charge in [-0.05, 0) is 50.7 Å². The third-order valence-electron chi connectivity index (χ3n) is 6.95. The van der Waals surface area contributed by atoms with Crippen molar-refractivity contribution in [2.45, 2.75) is 75.2 Å². The molecule has 2 aliphatic heterocycles. The Balaban J connectivity index is 1.33. The van der Waals surface area contributed by atoms with Crippen LogP contribution in [0.2, 0.25) is 0 Å². The summed E-state index contributed by atoms with van der Waals surface area (Å²) in [7, 11) is 1.47. The van der Waals surface area contributed by atoms with E-state index in [9.17, 15) is 14.3 Å². The fraction of sp³-hybridized carbons (Fsp3) is 0.565. The Morgan fingerprint density at radius 2 is 1.90 bits per heavy atom. The Bertz CT molecular complexity index is 989. The van der Waals surface area contributed by atoms with Crippen LogP contribution in [-0.2, 0) is 13.1 Å². The molecular formula is C23H28FN3O3. The van der Waals surface area contributed by atoms with Gasteiger partial charge in [-0.2, -0.15) is 5.10 Å². The van der Waals surface area contributed by atoms with E-state index < -0.39 is 5.60 Å². The van der Waals surface area contributed by atoms with Gasteiger partial charge in [-0.25, -0.2) is 9.07 Å². The predicted molar refractivity (Wildman–Crippen MR) is 110 cm³/mol. The molecule has 1 N–H and O–H groups in total. The Morgan fingerprint density at radius 1 is 1.17 bits per heavy atom. The highest BCUT2D eigenvalue weighted by Gasteiger charge is 2.48. The molecule has 2 bridgehead atoms. The number of methoxy groups -OCH3 is 1. The van der Waals surface area contributed by atoms with Crippen LogP contribution >= 0.6 is 0 Å². The minimum Gasteiger partial charge on any atom is -0.494 e. The molecule has 2 saturated heterocycles. The summed E-state index contributed by atoms with van der Waals surface area (Å²) in [6.07, 6.45) is 5.32. The molecule has 0 amide bonds. The lowest BCUT2D eigenvalue weighted by molar-refractivity contribution is -0.0680. The number of hydrogen-bond acceptors (Lipinski definition) is 5. The molecule has 1 saturated carbocycles. The third-order valence-corrected chi connectivity index (χ3v) is 6.95. The lowest BCUT2D eigenvalue weighted by Gasteiger charge is -2.43. The smallest absolute Gasteiger partial charge is 0.266 e. The molecule has 0 spiro atoms. The van der Waals surface area contributed by atoms with Crippen molar-refractivity contribution in [1.29, 1.82) is 0 Å². The molecule has 0 radical (unpaired) electrons. The van der Waals surface area contributed by atoms with Gasteiger partial charge in [0.25, 0.3) is 5.56 Å². The van der Waals surface area contributed by atoms with E-state index in [4.69, 9.17) is 4.74 Å². The summed E-state index contributed by atoms with van der Waals surface area (Å²) in [5, 5.41) is 15.9. The van der Waals surface area contributed by atoms with E-state index in [-0.39, 0.29) is 35.8 Å². The molecular weight excluding hydrogens is 385 g/mol. The molecule has 3 aliphatic rings. The summed E-state index contributed by atoms with van der Waals surface area (Å²) >= 11 is 0. The van der Waals surface area contributed by atoms with Crippen LogP contribution in [0.5, 0.6) is 5.75 Å². The molecule has 3 heterocycles. The van der Waals surface area contributed by atoms with Crippen LogP contribution in [0.25, 0.3) is 0 Å². The number of piperidine rings is 1. The molecule has 2 atom stereocenters. The van der Waals surface area contributed by atoms with Crippen LogP contribution in [0.15, 0.2) is 35.1 Å². The quantitative estimate of drug-likeness (QED) is 0.789. The van der Waals surface area contributed by atoms with E-state index in [2.05, 4.69) is 10.00 Å². The van der Waals surface area contributed by atoms with Crippen LogP contribution < -0.4 is 10.3 Å². The molecule has 1 aromatic heterocycles. The zero-order valence-electron chi connectivity index (χ0n) is 17.3. The van der Waals surface area contributed by atoms with Crippen LogP contribution in [0.3, 0.4) is 0 Å². The van der Waals surface area contributed by atoms with Gasteiger partial charge in [-0.3, -0.25) is 9.69 Å². The highest BCUT2D eigenvalue weighted by Crippen LogP contribution is 2.43. The highest BCUT2D eigenvalue weighted by atomic mass is 19.1. The summed E-state index contributed by atoms with van der Waals surface area (Å²) in [5.41, 5.74) is 0.439. The van der Waals surface area contributed by atoms with Crippen molar-refractivity contribution in [3.05, 3.63) is 57.8 Å². The number of rotatable bonds is 6. The summed E-state index contributed by atoms with van der Waals surface area (Å²) < 4.78 is 21.2. The van der Waals surface area contributed by atoms with E-state index >= 15 is 0 Å². The monoisotopic (exact) mass is 413 g/mol. The minimum absolute atomic E-state index is 0.166. The fourth-order valence-corrected chi connectivity index (χ4v) is 5.29. The van der Waals surface area contributed by atoms with E-state index in [0.717, 1.165) is 31.4 Å². The third kappa shape index (κ3) is 3.65. The van der Waals surface area contributed by atoms with E-state index in [1.165, 1.54) is 11.8 Å². The largest absolute Gasteiger partial charge is 0.494 e. The SMILES string of the molecule is COc1cccc(CN2[C@H]3CC[C@H]2CC(O)(Cn2nc(C4CC4)ccc2=O)C3)c1F. The first kappa shape index (κ1) is 19.7. The van der Waals surface area contributed by atoms with Gasteiger partial charge in [0.15, 0.2) is 11.6 Å². The predicted octanol–water partition coefficient (Wildman–Crippen LogP) is 2.83. The van der Waals surface area contributed by atoms with E-state index in [0.29, 0.717) is 30.9 Å². The average Bonchev–Trinajstić information content (AvgIpc) is 3.53. The number of ether oxygens (including phenoxy) is 1. The number of hydrogen-bond donors (Lipinski definition) is 1. The van der Waals surface area contributed by atoms with Crippen molar-refractivity contribution in [2.75, 3.05) is 7.11 Å². The van der Waals surface area contributed by atoms with Gasteiger partial charge in [0.05, 0.1) is 24.9 Å². The number of aromatic nitrogens is 2. The molecule has 1 aromatic carbocycles. The van der Waals surface area contributed by atoms with E-state index in [1.54, 1.807) is 18.2 Å². The number of benzene rings is 1. The second-order valence-electron chi connectivity index (χ2n) is 9.15. The van der Waals surface area contributed by atoms with Crippen LogP contribution in [0.4, 0.5) is 4.39 Å². The van der Waals surface area contributed by atoms with Gasteiger partial charge in [0.2, 0.25) is 0 Å². The van der Waals surface area contributed by atoms with E-state index in [1.807, 2.05) is 12.1 Å². The summed E-state index contributed by atoms with van der Waals surface area (Å²) in [4.78, 5) is 14.6. The molecule has 3 fully saturated rings. The Labute approximate surface area is 175 Å². The first-order chi connectivity index (χ1) is 14.5. The lowest BCUT2D eigenvalue weighted by Crippen LogP contribution is -2.53. The summed E-state index contributed by atoms with van der Waals surface area (Å²) in [6.45, 7) is 0.727. The molecule has 6 nitrogen and oxygen atoms in total. The zero-order chi connectivity index (χ0) is 20.9. The molecule has 160 valence electrons. The summed E-state index contributed by atoms with van der Waals surface area (Å²) in [5.74, 6) is 0.407. The van der Waals surface area contributed by atoms with Gasteiger partial charge < -0.3 is 9.84 Å². The van der Waals surface area contributed by atoms with Gasteiger partial charge in [0.1, 0.15) is 0 Å². The second kappa shape index (κ2) is 7.46. The fourth-order valence-electron chi connectivity index (χ4n) is 5.29. The zero-order valence-corrected chi connectivity index (χ0v) is 17.3. The Kier molecular flexibility index (Phi) is 4.90. The van der Waals surface area contributed by atoms with Gasteiger partial charge in [0, 0.05) is 36.2 Å². The molecule has 2 aromatic rings. The maximum Gasteiger partial charge on any atom is 0.266 e. The van der Waals surface area contributed by atoms with Crippen molar-refractivity contribution >= 4 is 0 Å². The second-order valence-corrected chi connectivity index (χ2v) is 9.15. The number of fused-ring (bicyclic) bond motifs is 2.